The fourth-order valence-electron chi connectivity index (χ4n) is 3.08. The zero-order chi connectivity index (χ0) is 22.4. The smallest absolute Gasteiger partial charge is 0.244 e. The van der Waals surface area contributed by atoms with Crippen LogP contribution in [0.1, 0.15) is 17.1 Å². The van der Waals surface area contributed by atoms with Gasteiger partial charge in [0, 0.05) is 19.0 Å². The minimum Gasteiger partial charge on any atom is -0.468 e. The summed E-state index contributed by atoms with van der Waals surface area (Å²) in [7, 11) is -3.65. The standard InChI is InChI=1S/C23H22N4O4S/c28-23(24-14-13-22-26-20-5-1-2-6-21(20)27-22)12-9-17-7-10-19(11-8-17)32(29,30)25-16-18-4-3-15-31-18/h1-12,15,25H,13-14,16H2,(H,24,28)(H,26,27)/b12-9+. The number of nitrogens with zero attached hydrogens (tertiary/aromatic N) is 1. The number of fused-ring (bicyclic) bond motifs is 1. The van der Waals surface area contributed by atoms with E-state index < -0.39 is 10.0 Å². The third-order valence-electron chi connectivity index (χ3n) is 4.73. The maximum Gasteiger partial charge on any atom is 0.244 e. The molecular formula is C23H22N4O4S. The molecule has 2 heterocycles. The Labute approximate surface area is 185 Å². The zero-order valence-electron chi connectivity index (χ0n) is 17.1. The first-order chi connectivity index (χ1) is 15.5. The van der Waals surface area contributed by atoms with E-state index in [1.165, 1.54) is 24.5 Å². The Bertz CT molecular complexity index is 1290. The molecule has 0 aliphatic heterocycles. The molecule has 9 heteroatoms. The Morgan fingerprint density at radius 1 is 1.06 bits per heavy atom. The van der Waals surface area contributed by atoms with Crippen LogP contribution in [-0.4, -0.2) is 30.8 Å². The van der Waals surface area contributed by atoms with E-state index in [0.717, 1.165) is 16.9 Å². The normalized spacial score (nSPS) is 11.9. The van der Waals surface area contributed by atoms with Crippen molar-refractivity contribution in [3.8, 4) is 0 Å². The predicted octanol–water partition coefficient (Wildman–Crippen LogP) is 3.01. The number of amides is 1. The van der Waals surface area contributed by atoms with Gasteiger partial charge in [0.1, 0.15) is 11.6 Å². The summed E-state index contributed by atoms with van der Waals surface area (Å²) < 4.78 is 32.3. The highest BCUT2D eigenvalue weighted by atomic mass is 32.2. The molecule has 8 nitrogen and oxygen atoms in total. The van der Waals surface area contributed by atoms with E-state index in [1.807, 2.05) is 24.3 Å². The van der Waals surface area contributed by atoms with Crippen LogP contribution >= 0.6 is 0 Å². The van der Waals surface area contributed by atoms with Crippen LogP contribution in [0.5, 0.6) is 0 Å². The van der Waals surface area contributed by atoms with Crippen molar-refractivity contribution in [2.75, 3.05) is 6.54 Å². The summed E-state index contributed by atoms with van der Waals surface area (Å²) in [6.45, 7) is 0.521. The van der Waals surface area contributed by atoms with Gasteiger partial charge < -0.3 is 14.7 Å². The van der Waals surface area contributed by atoms with Gasteiger partial charge in [0.05, 0.1) is 28.7 Å². The second-order valence-corrected chi connectivity index (χ2v) is 8.81. The number of imidazole rings is 1. The van der Waals surface area contributed by atoms with Crippen molar-refractivity contribution < 1.29 is 17.6 Å². The number of rotatable bonds is 9. The van der Waals surface area contributed by atoms with E-state index in [2.05, 4.69) is 20.0 Å². The quantitative estimate of drug-likeness (QED) is 0.339. The number of H-pyrrole nitrogens is 1. The fourth-order valence-corrected chi connectivity index (χ4v) is 4.07. The Kier molecular flexibility index (Phi) is 6.48. The van der Waals surface area contributed by atoms with Crippen molar-refractivity contribution in [2.24, 2.45) is 0 Å². The lowest BCUT2D eigenvalue weighted by atomic mass is 10.2. The maximum absolute atomic E-state index is 12.4. The van der Waals surface area contributed by atoms with Gasteiger partial charge in [-0.2, -0.15) is 0 Å². The van der Waals surface area contributed by atoms with Gasteiger partial charge in [-0.1, -0.05) is 24.3 Å². The van der Waals surface area contributed by atoms with Gasteiger partial charge in [-0.3, -0.25) is 4.79 Å². The van der Waals surface area contributed by atoms with Gasteiger partial charge in [0.2, 0.25) is 15.9 Å². The van der Waals surface area contributed by atoms with Gasteiger partial charge >= 0.3 is 0 Å². The number of benzene rings is 2. The van der Waals surface area contributed by atoms with Gasteiger partial charge in [-0.25, -0.2) is 18.1 Å². The van der Waals surface area contributed by atoms with Crippen LogP contribution in [0.2, 0.25) is 0 Å². The highest BCUT2D eigenvalue weighted by molar-refractivity contribution is 7.89. The molecular weight excluding hydrogens is 428 g/mol. The lowest BCUT2D eigenvalue weighted by molar-refractivity contribution is -0.116. The lowest BCUT2D eigenvalue weighted by Gasteiger charge is -2.05. The topological polar surface area (TPSA) is 117 Å². The monoisotopic (exact) mass is 450 g/mol. The van der Waals surface area contributed by atoms with Crippen LogP contribution in [-0.2, 0) is 27.8 Å². The molecule has 0 aliphatic carbocycles. The van der Waals surface area contributed by atoms with Crippen molar-refractivity contribution in [1.29, 1.82) is 0 Å². The molecule has 2 aromatic carbocycles. The van der Waals surface area contributed by atoms with E-state index in [4.69, 9.17) is 4.42 Å². The van der Waals surface area contributed by atoms with Crippen molar-refractivity contribution in [2.45, 2.75) is 17.9 Å². The lowest BCUT2D eigenvalue weighted by Crippen LogP contribution is -2.23. The van der Waals surface area contributed by atoms with Crippen LogP contribution in [0.3, 0.4) is 0 Å². The predicted molar refractivity (Wildman–Crippen MR) is 121 cm³/mol. The highest BCUT2D eigenvalue weighted by Gasteiger charge is 2.14. The summed E-state index contributed by atoms with van der Waals surface area (Å²) >= 11 is 0. The maximum atomic E-state index is 12.4. The Hall–Kier alpha value is -3.69. The molecule has 164 valence electrons. The number of hydrogen-bond donors (Lipinski definition) is 3. The summed E-state index contributed by atoms with van der Waals surface area (Å²) in [5, 5.41) is 2.81. The molecule has 0 atom stereocenters. The van der Waals surface area contributed by atoms with Crippen molar-refractivity contribution in [3.05, 3.63) is 90.2 Å². The number of carbonyl (C=O) groups excluding carboxylic acids is 1. The molecule has 0 bridgehead atoms. The van der Waals surface area contributed by atoms with Gasteiger partial charge in [0.25, 0.3) is 0 Å². The molecule has 0 aliphatic rings. The Balaban J connectivity index is 1.26. The zero-order valence-corrected chi connectivity index (χ0v) is 17.9. The minimum atomic E-state index is -3.65. The molecule has 3 N–H and O–H groups in total. The van der Waals surface area contributed by atoms with Crippen LogP contribution in [0.4, 0.5) is 0 Å². The molecule has 1 amide bonds. The van der Waals surface area contributed by atoms with Crippen LogP contribution in [0.15, 0.2) is 82.3 Å². The second kappa shape index (κ2) is 9.63. The number of hydrogen-bond acceptors (Lipinski definition) is 5. The van der Waals surface area contributed by atoms with Gasteiger partial charge in [-0.15, -0.1) is 0 Å². The third kappa shape index (κ3) is 5.51. The summed E-state index contributed by atoms with van der Waals surface area (Å²) in [4.78, 5) is 19.9. The van der Waals surface area contributed by atoms with Crippen LogP contribution in [0.25, 0.3) is 17.1 Å². The molecule has 4 rings (SSSR count). The molecule has 2 aromatic heterocycles. The number of carbonyl (C=O) groups is 1. The average Bonchev–Trinajstić information content (AvgIpc) is 3.46. The first kappa shape index (κ1) is 21.5. The van der Waals surface area contributed by atoms with Gasteiger partial charge in [-0.05, 0) is 48.0 Å². The summed E-state index contributed by atoms with van der Waals surface area (Å²) in [6, 6.07) is 17.4. The average molecular weight is 451 g/mol. The number of para-hydroxylation sites is 2. The largest absolute Gasteiger partial charge is 0.468 e. The molecule has 0 spiro atoms. The number of furan rings is 1. The number of nitrogens with one attached hydrogen (secondary N) is 3. The molecule has 0 saturated heterocycles. The second-order valence-electron chi connectivity index (χ2n) is 7.05. The van der Waals surface area contributed by atoms with Crippen LogP contribution < -0.4 is 10.0 Å². The first-order valence-corrected chi connectivity index (χ1v) is 11.5. The molecule has 4 aromatic rings. The minimum absolute atomic E-state index is 0.0746. The first-order valence-electron chi connectivity index (χ1n) is 10.0. The molecule has 0 saturated carbocycles. The third-order valence-corrected chi connectivity index (χ3v) is 6.15. The molecule has 32 heavy (non-hydrogen) atoms. The fraction of sp³-hybridized carbons (Fsp3) is 0.130. The number of aromatic nitrogens is 2. The molecule has 0 fully saturated rings. The van der Waals surface area contributed by atoms with Crippen LogP contribution in [0, 0.1) is 0 Å². The van der Waals surface area contributed by atoms with Crippen molar-refractivity contribution in [1.82, 2.24) is 20.0 Å². The van der Waals surface area contributed by atoms with E-state index in [9.17, 15) is 13.2 Å². The SMILES string of the molecule is O=C(/C=C/c1ccc(S(=O)(=O)NCc2ccco2)cc1)NCCc1nc2ccccc2[nH]1. The number of aromatic amines is 1. The van der Waals surface area contributed by atoms with Crippen molar-refractivity contribution in [3.63, 3.8) is 0 Å². The summed E-state index contributed by atoms with van der Waals surface area (Å²) in [5.41, 5.74) is 2.58. The Morgan fingerprint density at radius 2 is 1.88 bits per heavy atom. The molecule has 0 radical (unpaired) electrons. The Morgan fingerprint density at radius 3 is 2.62 bits per heavy atom. The van der Waals surface area contributed by atoms with E-state index in [1.54, 1.807) is 30.3 Å². The summed E-state index contributed by atoms with van der Waals surface area (Å²) in [5.74, 6) is 1.10. The van der Waals surface area contributed by atoms with Crippen molar-refractivity contribution >= 4 is 33.0 Å². The number of sulfonamides is 1. The van der Waals surface area contributed by atoms with E-state index >= 15 is 0 Å². The van der Waals surface area contributed by atoms with Gasteiger partial charge in [0.15, 0.2) is 0 Å². The van der Waals surface area contributed by atoms with E-state index in [-0.39, 0.29) is 17.3 Å². The molecule has 0 unspecified atom stereocenters. The van der Waals surface area contributed by atoms with E-state index in [0.29, 0.717) is 24.3 Å². The summed E-state index contributed by atoms with van der Waals surface area (Å²) in [6.07, 6.45) is 5.12. The highest BCUT2D eigenvalue weighted by Crippen LogP contribution is 2.13.